The largest absolute Gasteiger partial charge is 0.475 e. The fourth-order valence-corrected chi connectivity index (χ4v) is 2.82. The molecule has 0 aliphatic carbocycles. The molecule has 2 aromatic rings. The van der Waals surface area contributed by atoms with Gasteiger partial charge in [0.25, 0.3) is 0 Å². The van der Waals surface area contributed by atoms with Gasteiger partial charge in [-0.1, -0.05) is 11.6 Å². The lowest BCUT2D eigenvalue weighted by molar-refractivity contribution is 0.196. The van der Waals surface area contributed by atoms with E-state index in [1.165, 1.54) is 0 Å². The van der Waals surface area contributed by atoms with Gasteiger partial charge in [-0.25, -0.2) is 0 Å². The highest BCUT2D eigenvalue weighted by molar-refractivity contribution is 6.33. The maximum Gasteiger partial charge on any atom is 0.233 e. The highest BCUT2D eigenvalue weighted by Crippen LogP contribution is 2.24. The van der Waals surface area contributed by atoms with E-state index in [0.717, 1.165) is 44.1 Å². The quantitative estimate of drug-likeness (QED) is 0.834. The Bertz CT molecular complexity index is 629. The second-order valence-corrected chi connectivity index (χ2v) is 5.92. The predicted molar refractivity (Wildman–Crippen MR) is 90.2 cm³/mol. The van der Waals surface area contributed by atoms with Gasteiger partial charge >= 0.3 is 0 Å². The SMILES string of the molecule is Cc1ccc(OCCN2CCN(c3ccncc3Cl)CC2)nn1. The van der Waals surface area contributed by atoms with Crippen molar-refractivity contribution in [1.82, 2.24) is 20.1 Å². The molecule has 0 bridgehead atoms. The maximum absolute atomic E-state index is 6.21. The van der Waals surface area contributed by atoms with Gasteiger partial charge in [-0.3, -0.25) is 9.88 Å². The Morgan fingerprint density at radius 3 is 2.65 bits per heavy atom. The number of pyridine rings is 1. The van der Waals surface area contributed by atoms with Crippen LogP contribution in [0.2, 0.25) is 5.02 Å². The number of hydrogen-bond acceptors (Lipinski definition) is 6. The predicted octanol–water partition coefficient (Wildman–Crippen LogP) is 2.03. The van der Waals surface area contributed by atoms with Crippen molar-refractivity contribution in [1.29, 1.82) is 0 Å². The van der Waals surface area contributed by atoms with E-state index in [1.54, 1.807) is 12.4 Å². The van der Waals surface area contributed by atoms with Crippen molar-refractivity contribution in [2.75, 3.05) is 44.2 Å². The summed E-state index contributed by atoms with van der Waals surface area (Å²) in [6, 6.07) is 5.72. The molecule has 0 aromatic carbocycles. The van der Waals surface area contributed by atoms with E-state index in [2.05, 4.69) is 25.0 Å². The molecule has 1 fully saturated rings. The minimum absolute atomic E-state index is 0.581. The lowest BCUT2D eigenvalue weighted by Gasteiger charge is -2.36. The van der Waals surface area contributed by atoms with Crippen molar-refractivity contribution < 1.29 is 4.74 Å². The molecule has 0 N–H and O–H groups in total. The molecule has 1 saturated heterocycles. The van der Waals surface area contributed by atoms with Crippen LogP contribution < -0.4 is 9.64 Å². The number of piperazine rings is 1. The first kappa shape index (κ1) is 16.0. The molecule has 3 heterocycles. The van der Waals surface area contributed by atoms with E-state index in [1.807, 2.05) is 25.1 Å². The van der Waals surface area contributed by atoms with Gasteiger partial charge in [0, 0.05) is 51.2 Å². The molecule has 122 valence electrons. The lowest BCUT2D eigenvalue weighted by atomic mass is 10.2. The summed E-state index contributed by atoms with van der Waals surface area (Å²) in [6.45, 7) is 7.29. The smallest absolute Gasteiger partial charge is 0.233 e. The summed E-state index contributed by atoms with van der Waals surface area (Å²) >= 11 is 6.21. The first-order valence-corrected chi connectivity index (χ1v) is 8.10. The molecular weight excluding hydrogens is 314 g/mol. The molecule has 23 heavy (non-hydrogen) atoms. The van der Waals surface area contributed by atoms with Crippen molar-refractivity contribution in [3.63, 3.8) is 0 Å². The zero-order valence-corrected chi connectivity index (χ0v) is 13.9. The van der Waals surface area contributed by atoms with E-state index < -0.39 is 0 Å². The van der Waals surface area contributed by atoms with Crippen LogP contribution in [0.15, 0.2) is 30.6 Å². The van der Waals surface area contributed by atoms with E-state index in [0.29, 0.717) is 17.5 Å². The number of nitrogens with zero attached hydrogens (tertiary/aromatic N) is 5. The van der Waals surface area contributed by atoms with Gasteiger partial charge in [0.15, 0.2) is 0 Å². The second kappa shape index (κ2) is 7.57. The number of rotatable bonds is 5. The lowest BCUT2D eigenvalue weighted by Crippen LogP contribution is -2.47. The summed E-state index contributed by atoms with van der Waals surface area (Å²) < 4.78 is 5.64. The van der Waals surface area contributed by atoms with Crippen LogP contribution in [-0.4, -0.2) is 59.4 Å². The van der Waals surface area contributed by atoms with Crippen LogP contribution in [0.4, 0.5) is 5.69 Å². The van der Waals surface area contributed by atoms with Gasteiger partial charge < -0.3 is 9.64 Å². The third-order valence-electron chi connectivity index (χ3n) is 3.89. The van der Waals surface area contributed by atoms with Crippen LogP contribution in [0.5, 0.6) is 5.88 Å². The van der Waals surface area contributed by atoms with Crippen molar-refractivity contribution in [3.05, 3.63) is 41.3 Å². The van der Waals surface area contributed by atoms with Crippen LogP contribution in [0.1, 0.15) is 5.69 Å². The van der Waals surface area contributed by atoms with E-state index in [-0.39, 0.29) is 0 Å². The Balaban J connectivity index is 1.43. The molecule has 0 amide bonds. The van der Waals surface area contributed by atoms with E-state index in [9.17, 15) is 0 Å². The molecule has 0 unspecified atom stereocenters. The average Bonchev–Trinajstić information content (AvgIpc) is 2.58. The number of aromatic nitrogens is 3. The highest BCUT2D eigenvalue weighted by Gasteiger charge is 2.18. The van der Waals surface area contributed by atoms with Gasteiger partial charge in [0.1, 0.15) is 6.61 Å². The molecule has 0 atom stereocenters. The highest BCUT2D eigenvalue weighted by atomic mass is 35.5. The van der Waals surface area contributed by atoms with Gasteiger partial charge in [-0.2, -0.15) is 5.10 Å². The Morgan fingerprint density at radius 2 is 1.96 bits per heavy atom. The number of hydrogen-bond donors (Lipinski definition) is 0. The molecule has 0 saturated carbocycles. The molecule has 7 heteroatoms. The van der Waals surface area contributed by atoms with Crippen LogP contribution >= 0.6 is 11.6 Å². The van der Waals surface area contributed by atoms with Crippen molar-refractivity contribution in [2.45, 2.75) is 6.92 Å². The molecule has 1 aliphatic rings. The number of halogens is 1. The van der Waals surface area contributed by atoms with Crippen LogP contribution in [0, 0.1) is 6.92 Å². The Hall–Kier alpha value is -1.92. The normalized spacial score (nSPS) is 15.7. The zero-order chi connectivity index (χ0) is 16.1. The first-order chi connectivity index (χ1) is 11.2. The van der Waals surface area contributed by atoms with Crippen molar-refractivity contribution >= 4 is 17.3 Å². The molecule has 2 aromatic heterocycles. The van der Waals surface area contributed by atoms with E-state index >= 15 is 0 Å². The van der Waals surface area contributed by atoms with Crippen LogP contribution in [0.25, 0.3) is 0 Å². The fraction of sp³-hybridized carbons (Fsp3) is 0.438. The molecule has 0 radical (unpaired) electrons. The first-order valence-electron chi connectivity index (χ1n) is 7.72. The molecular formula is C16H20ClN5O. The van der Waals surface area contributed by atoms with Crippen LogP contribution in [-0.2, 0) is 0 Å². The summed E-state index contributed by atoms with van der Waals surface area (Å²) in [7, 11) is 0. The molecule has 0 spiro atoms. The number of anilines is 1. The Morgan fingerprint density at radius 1 is 1.13 bits per heavy atom. The summed E-state index contributed by atoms with van der Waals surface area (Å²) in [4.78, 5) is 8.71. The second-order valence-electron chi connectivity index (χ2n) is 5.52. The van der Waals surface area contributed by atoms with E-state index in [4.69, 9.17) is 16.3 Å². The zero-order valence-electron chi connectivity index (χ0n) is 13.2. The molecule has 3 rings (SSSR count). The Labute approximate surface area is 141 Å². The minimum atomic E-state index is 0.581. The molecule has 6 nitrogen and oxygen atoms in total. The molecule has 1 aliphatic heterocycles. The third kappa shape index (κ3) is 4.30. The minimum Gasteiger partial charge on any atom is -0.475 e. The fourth-order valence-electron chi connectivity index (χ4n) is 2.58. The monoisotopic (exact) mass is 333 g/mol. The number of ether oxygens (including phenoxy) is 1. The van der Waals surface area contributed by atoms with Gasteiger partial charge in [0.05, 0.1) is 16.4 Å². The van der Waals surface area contributed by atoms with Gasteiger partial charge in [-0.15, -0.1) is 5.10 Å². The van der Waals surface area contributed by atoms with Crippen LogP contribution in [0.3, 0.4) is 0 Å². The topological polar surface area (TPSA) is 54.4 Å². The average molecular weight is 334 g/mol. The maximum atomic E-state index is 6.21. The van der Waals surface area contributed by atoms with Crippen molar-refractivity contribution in [2.24, 2.45) is 0 Å². The summed E-state index contributed by atoms with van der Waals surface area (Å²) in [5, 5.41) is 8.70. The Kier molecular flexibility index (Phi) is 5.25. The summed E-state index contributed by atoms with van der Waals surface area (Å²) in [5.74, 6) is 0.581. The van der Waals surface area contributed by atoms with Crippen molar-refractivity contribution in [3.8, 4) is 5.88 Å². The number of aryl methyl sites for hydroxylation is 1. The third-order valence-corrected chi connectivity index (χ3v) is 4.19. The van der Waals surface area contributed by atoms with Gasteiger partial charge in [-0.05, 0) is 19.1 Å². The summed E-state index contributed by atoms with van der Waals surface area (Å²) in [6.07, 6.45) is 3.48. The van der Waals surface area contributed by atoms with Gasteiger partial charge in [0.2, 0.25) is 5.88 Å². The summed E-state index contributed by atoms with van der Waals surface area (Å²) in [5.41, 5.74) is 1.95. The standard InChI is InChI=1S/C16H20ClN5O/c1-13-2-3-16(20-19-13)23-11-10-21-6-8-22(9-7-21)15-4-5-18-12-14(15)17/h2-5,12H,6-11H2,1H3.